The first-order valence-corrected chi connectivity index (χ1v) is 5.60. The molecule has 0 aromatic heterocycles. The highest BCUT2D eigenvalue weighted by atomic mass is 35.5. The van der Waals surface area contributed by atoms with E-state index < -0.39 is 11.4 Å². The van der Waals surface area contributed by atoms with Crippen molar-refractivity contribution in [2.75, 3.05) is 7.11 Å². The normalized spacial score (nSPS) is 28.9. The van der Waals surface area contributed by atoms with Crippen molar-refractivity contribution in [3.8, 4) is 0 Å². The molecule has 16 heavy (non-hydrogen) atoms. The molecule has 1 aliphatic carbocycles. The molecule has 2 rings (SSSR count). The molecule has 4 heteroatoms. The number of halogens is 2. The highest BCUT2D eigenvalue weighted by molar-refractivity contribution is 6.31. The van der Waals surface area contributed by atoms with Crippen molar-refractivity contribution >= 4 is 11.6 Å². The zero-order valence-electron chi connectivity index (χ0n) is 9.04. The second-order valence-electron chi connectivity index (χ2n) is 4.38. The Hall–Kier alpha value is -0.640. The maximum Gasteiger partial charge on any atom is 0.142 e. The van der Waals surface area contributed by atoms with Crippen LogP contribution in [0.2, 0.25) is 5.02 Å². The van der Waals surface area contributed by atoms with E-state index in [0.717, 1.165) is 0 Å². The molecule has 2 nitrogen and oxygen atoms in total. The van der Waals surface area contributed by atoms with Gasteiger partial charge in [0.2, 0.25) is 0 Å². The summed E-state index contributed by atoms with van der Waals surface area (Å²) in [5, 5.41) is 10.2. The number of ether oxygens (including phenoxy) is 1. The molecule has 0 saturated heterocycles. The van der Waals surface area contributed by atoms with Gasteiger partial charge in [-0.15, -0.1) is 0 Å². The summed E-state index contributed by atoms with van der Waals surface area (Å²) in [6, 6.07) is 4.66. The van der Waals surface area contributed by atoms with Crippen molar-refractivity contribution in [2.45, 2.75) is 31.0 Å². The predicted octanol–water partition coefficient (Wildman–Crippen LogP) is 2.56. The monoisotopic (exact) mass is 244 g/mol. The standard InChI is InChI=1S/C12H14ClFO2/c1-16-9-6-12(15,7-9)5-8-3-2-4-10(14)11(8)13/h2-4,9,15H,5-7H2,1H3. The lowest BCUT2D eigenvalue weighted by atomic mass is 9.73. The third-order valence-electron chi connectivity index (χ3n) is 3.10. The van der Waals surface area contributed by atoms with Crippen LogP contribution in [0, 0.1) is 5.82 Å². The predicted molar refractivity (Wildman–Crippen MR) is 60.1 cm³/mol. The number of hydrogen-bond acceptors (Lipinski definition) is 2. The van der Waals surface area contributed by atoms with Crippen molar-refractivity contribution in [2.24, 2.45) is 0 Å². The lowest BCUT2D eigenvalue weighted by Gasteiger charge is -2.43. The van der Waals surface area contributed by atoms with E-state index in [1.807, 2.05) is 0 Å². The first-order chi connectivity index (χ1) is 7.54. The Morgan fingerprint density at radius 1 is 1.56 bits per heavy atom. The molecule has 0 heterocycles. The molecule has 1 fully saturated rings. The van der Waals surface area contributed by atoms with Crippen LogP contribution >= 0.6 is 11.6 Å². The van der Waals surface area contributed by atoms with Crippen molar-refractivity contribution < 1.29 is 14.2 Å². The number of rotatable bonds is 3. The lowest BCUT2D eigenvalue weighted by molar-refractivity contribution is -0.126. The molecule has 1 aromatic carbocycles. The van der Waals surface area contributed by atoms with Gasteiger partial charge in [-0.25, -0.2) is 4.39 Å². The summed E-state index contributed by atoms with van der Waals surface area (Å²) in [6.07, 6.45) is 1.65. The van der Waals surface area contributed by atoms with E-state index >= 15 is 0 Å². The van der Waals surface area contributed by atoms with Crippen molar-refractivity contribution in [1.29, 1.82) is 0 Å². The zero-order valence-corrected chi connectivity index (χ0v) is 9.80. The van der Waals surface area contributed by atoms with Crippen LogP contribution in [0.4, 0.5) is 4.39 Å². The van der Waals surface area contributed by atoms with Crippen LogP contribution in [0.5, 0.6) is 0 Å². The third-order valence-corrected chi connectivity index (χ3v) is 3.52. The molecule has 0 atom stereocenters. The molecule has 1 aromatic rings. The Labute approximate surface area is 99.0 Å². The average Bonchev–Trinajstić information content (AvgIpc) is 2.21. The molecule has 0 spiro atoms. The van der Waals surface area contributed by atoms with E-state index in [9.17, 15) is 9.50 Å². The second kappa shape index (κ2) is 4.32. The van der Waals surface area contributed by atoms with Crippen LogP contribution in [0.15, 0.2) is 18.2 Å². The lowest BCUT2D eigenvalue weighted by Crippen LogP contribution is -2.49. The van der Waals surface area contributed by atoms with E-state index in [0.29, 0.717) is 24.8 Å². The zero-order chi connectivity index (χ0) is 11.8. The minimum atomic E-state index is -0.794. The number of hydrogen-bond donors (Lipinski definition) is 1. The van der Waals surface area contributed by atoms with Gasteiger partial charge < -0.3 is 9.84 Å². The number of aliphatic hydroxyl groups is 1. The summed E-state index contributed by atoms with van der Waals surface area (Å²) in [7, 11) is 1.62. The van der Waals surface area contributed by atoms with Gasteiger partial charge in [-0.2, -0.15) is 0 Å². The Kier molecular flexibility index (Phi) is 3.19. The second-order valence-corrected chi connectivity index (χ2v) is 4.76. The van der Waals surface area contributed by atoms with Crippen LogP contribution < -0.4 is 0 Å². The van der Waals surface area contributed by atoms with E-state index in [4.69, 9.17) is 16.3 Å². The molecule has 0 unspecified atom stereocenters. The Morgan fingerprint density at radius 3 is 2.88 bits per heavy atom. The molecule has 0 aliphatic heterocycles. The number of methoxy groups -OCH3 is 1. The van der Waals surface area contributed by atoms with E-state index in [2.05, 4.69) is 0 Å². The molecule has 1 N–H and O–H groups in total. The summed E-state index contributed by atoms with van der Waals surface area (Å²) < 4.78 is 18.3. The van der Waals surface area contributed by atoms with Gasteiger partial charge in [-0.1, -0.05) is 23.7 Å². The van der Waals surface area contributed by atoms with Gasteiger partial charge >= 0.3 is 0 Å². The minimum absolute atomic E-state index is 0.108. The van der Waals surface area contributed by atoms with Crippen LogP contribution in [0.25, 0.3) is 0 Å². The minimum Gasteiger partial charge on any atom is -0.389 e. The van der Waals surface area contributed by atoms with Crippen LogP contribution in [-0.4, -0.2) is 23.9 Å². The maximum atomic E-state index is 13.2. The molecular weight excluding hydrogens is 231 g/mol. The Balaban J connectivity index is 2.08. The van der Waals surface area contributed by atoms with E-state index in [1.54, 1.807) is 19.2 Å². The van der Waals surface area contributed by atoms with Gasteiger partial charge in [-0.3, -0.25) is 0 Å². The van der Waals surface area contributed by atoms with Crippen LogP contribution in [0.3, 0.4) is 0 Å². The van der Waals surface area contributed by atoms with Gasteiger partial charge in [0.25, 0.3) is 0 Å². The molecule has 88 valence electrons. The maximum absolute atomic E-state index is 13.2. The van der Waals surface area contributed by atoms with E-state index in [1.165, 1.54) is 6.07 Å². The topological polar surface area (TPSA) is 29.5 Å². The van der Waals surface area contributed by atoms with Crippen LogP contribution in [-0.2, 0) is 11.2 Å². The molecule has 0 radical (unpaired) electrons. The summed E-state index contributed by atoms with van der Waals surface area (Å²) in [4.78, 5) is 0. The summed E-state index contributed by atoms with van der Waals surface area (Å²) in [6.45, 7) is 0. The Bertz CT molecular complexity index is 389. The number of benzene rings is 1. The van der Waals surface area contributed by atoms with Crippen molar-refractivity contribution in [1.82, 2.24) is 0 Å². The third kappa shape index (κ3) is 2.21. The Morgan fingerprint density at radius 2 is 2.25 bits per heavy atom. The first kappa shape index (κ1) is 11.8. The highest BCUT2D eigenvalue weighted by Crippen LogP contribution is 2.38. The first-order valence-electron chi connectivity index (χ1n) is 5.22. The summed E-state index contributed by atoms with van der Waals surface area (Å²) in [5.74, 6) is -0.439. The molecule has 1 saturated carbocycles. The summed E-state index contributed by atoms with van der Waals surface area (Å²) in [5.41, 5.74) is -0.142. The van der Waals surface area contributed by atoms with Crippen molar-refractivity contribution in [3.63, 3.8) is 0 Å². The van der Waals surface area contributed by atoms with E-state index in [-0.39, 0.29) is 11.1 Å². The van der Waals surface area contributed by atoms with Crippen molar-refractivity contribution in [3.05, 3.63) is 34.6 Å². The van der Waals surface area contributed by atoms with Gasteiger partial charge in [0.15, 0.2) is 0 Å². The average molecular weight is 245 g/mol. The molecule has 0 amide bonds. The highest BCUT2D eigenvalue weighted by Gasteiger charge is 2.43. The molecule has 1 aliphatic rings. The molecular formula is C12H14ClFO2. The van der Waals surface area contributed by atoms with Gasteiger partial charge in [0, 0.05) is 26.4 Å². The fourth-order valence-electron chi connectivity index (χ4n) is 2.14. The molecule has 0 bridgehead atoms. The summed E-state index contributed by atoms with van der Waals surface area (Å²) >= 11 is 5.83. The van der Waals surface area contributed by atoms with Crippen LogP contribution in [0.1, 0.15) is 18.4 Å². The van der Waals surface area contributed by atoms with Gasteiger partial charge in [0.05, 0.1) is 16.7 Å². The van der Waals surface area contributed by atoms with Gasteiger partial charge in [0.1, 0.15) is 5.82 Å². The largest absolute Gasteiger partial charge is 0.389 e. The van der Waals surface area contributed by atoms with Gasteiger partial charge in [-0.05, 0) is 11.6 Å². The fourth-order valence-corrected chi connectivity index (χ4v) is 2.33. The quantitative estimate of drug-likeness (QED) is 0.886. The fraction of sp³-hybridized carbons (Fsp3) is 0.500. The smallest absolute Gasteiger partial charge is 0.142 e. The SMILES string of the molecule is COC1CC(O)(Cc2cccc(F)c2Cl)C1.